The van der Waals surface area contributed by atoms with Gasteiger partial charge in [0.25, 0.3) is 5.91 Å². The summed E-state index contributed by atoms with van der Waals surface area (Å²) in [6, 6.07) is 10.9. The van der Waals surface area contributed by atoms with Crippen LogP contribution in [0.1, 0.15) is 31.3 Å². The lowest BCUT2D eigenvalue weighted by Crippen LogP contribution is -2.31. The maximum atomic E-state index is 12.4. The lowest BCUT2D eigenvalue weighted by atomic mass is 10.2. The minimum Gasteiger partial charge on any atom is -0.355 e. The molecule has 0 atom stereocenters. The average molecular weight is 326 g/mol. The molecule has 0 bridgehead atoms. The smallest absolute Gasteiger partial charge is 0.272 e. The maximum Gasteiger partial charge on any atom is 0.272 e. The molecule has 0 unspecified atom stereocenters. The Kier molecular flexibility index (Phi) is 5.89. The Balaban J connectivity index is 2.11. The summed E-state index contributed by atoms with van der Waals surface area (Å²) in [7, 11) is 0. The molecule has 1 aromatic heterocycles. The van der Waals surface area contributed by atoms with E-state index in [-0.39, 0.29) is 11.8 Å². The van der Waals surface area contributed by atoms with E-state index in [9.17, 15) is 9.59 Å². The molecule has 2 N–H and O–H groups in total. The highest BCUT2D eigenvalue weighted by Gasteiger charge is 2.14. The molecule has 2 aromatic rings. The van der Waals surface area contributed by atoms with Gasteiger partial charge < -0.3 is 15.5 Å². The van der Waals surface area contributed by atoms with Crippen molar-refractivity contribution in [3.8, 4) is 0 Å². The van der Waals surface area contributed by atoms with Gasteiger partial charge in [0, 0.05) is 43.3 Å². The average Bonchev–Trinajstić information content (AvgIpc) is 2.57. The molecular formula is C18H22N4O2. The predicted molar refractivity (Wildman–Crippen MR) is 95.5 cm³/mol. The van der Waals surface area contributed by atoms with Gasteiger partial charge in [0.2, 0.25) is 5.91 Å². The molecule has 24 heavy (non-hydrogen) atoms. The van der Waals surface area contributed by atoms with Crippen molar-refractivity contribution in [3.05, 3.63) is 48.3 Å². The second-order valence-electron chi connectivity index (χ2n) is 5.29. The van der Waals surface area contributed by atoms with Crippen molar-refractivity contribution >= 4 is 28.9 Å². The van der Waals surface area contributed by atoms with Crippen LogP contribution < -0.4 is 10.6 Å². The van der Waals surface area contributed by atoms with Gasteiger partial charge in [0.05, 0.1) is 0 Å². The molecule has 1 heterocycles. The van der Waals surface area contributed by atoms with Crippen molar-refractivity contribution in [1.82, 2.24) is 9.88 Å². The minimum absolute atomic E-state index is 0.0790. The molecule has 126 valence electrons. The van der Waals surface area contributed by atoms with Crippen molar-refractivity contribution < 1.29 is 9.59 Å². The first-order chi connectivity index (χ1) is 11.5. The van der Waals surface area contributed by atoms with Crippen LogP contribution in [0.25, 0.3) is 0 Å². The number of nitrogens with zero attached hydrogens (tertiary/aromatic N) is 2. The number of rotatable bonds is 6. The van der Waals surface area contributed by atoms with E-state index < -0.39 is 0 Å². The Bertz CT molecular complexity index is 709. The molecule has 0 aliphatic carbocycles. The summed E-state index contributed by atoms with van der Waals surface area (Å²) in [5, 5.41) is 5.95. The normalized spacial score (nSPS) is 10.1. The van der Waals surface area contributed by atoms with Gasteiger partial charge in [-0.05, 0) is 50.2 Å². The molecule has 6 nitrogen and oxygen atoms in total. The Morgan fingerprint density at radius 3 is 2.21 bits per heavy atom. The molecule has 0 aliphatic heterocycles. The lowest BCUT2D eigenvalue weighted by Gasteiger charge is -2.18. The zero-order valence-corrected chi connectivity index (χ0v) is 14.2. The minimum atomic E-state index is -0.107. The molecule has 1 aromatic carbocycles. The van der Waals surface area contributed by atoms with E-state index in [1.807, 2.05) is 38.1 Å². The van der Waals surface area contributed by atoms with Crippen molar-refractivity contribution in [1.29, 1.82) is 0 Å². The number of amides is 2. The van der Waals surface area contributed by atoms with Crippen LogP contribution >= 0.6 is 0 Å². The molecule has 2 amide bonds. The summed E-state index contributed by atoms with van der Waals surface area (Å²) in [6.45, 7) is 6.66. The van der Waals surface area contributed by atoms with Crippen molar-refractivity contribution in [2.45, 2.75) is 20.8 Å². The monoisotopic (exact) mass is 326 g/mol. The quantitative estimate of drug-likeness (QED) is 0.854. The van der Waals surface area contributed by atoms with E-state index in [1.165, 1.54) is 6.92 Å². The number of anilines is 3. The highest BCUT2D eigenvalue weighted by atomic mass is 16.2. The number of carbonyl (C=O) groups is 2. The molecule has 0 spiro atoms. The van der Waals surface area contributed by atoms with Crippen LogP contribution in [0.2, 0.25) is 0 Å². The fourth-order valence-corrected chi connectivity index (χ4v) is 2.30. The second-order valence-corrected chi connectivity index (χ2v) is 5.29. The van der Waals surface area contributed by atoms with Gasteiger partial charge in [-0.2, -0.15) is 0 Å². The first-order valence-corrected chi connectivity index (χ1v) is 7.93. The van der Waals surface area contributed by atoms with Gasteiger partial charge in [0.15, 0.2) is 0 Å². The van der Waals surface area contributed by atoms with Crippen LogP contribution in [0.3, 0.4) is 0 Å². The Morgan fingerprint density at radius 1 is 1.00 bits per heavy atom. The number of carbonyl (C=O) groups excluding carboxylic acids is 2. The standard InChI is InChI=1S/C18H22N4O2/c1-4-22(5-2)18(24)17-12-16(10-11-19-17)21-15-8-6-14(7-9-15)20-13(3)23/h6-12H,4-5H2,1-3H3,(H,19,21)(H,20,23). The molecular weight excluding hydrogens is 304 g/mol. The highest BCUT2D eigenvalue weighted by Crippen LogP contribution is 2.19. The second kappa shape index (κ2) is 8.10. The van der Waals surface area contributed by atoms with Crippen LogP contribution in [0, 0.1) is 0 Å². The third-order valence-electron chi connectivity index (χ3n) is 3.52. The van der Waals surface area contributed by atoms with E-state index in [0.717, 1.165) is 17.1 Å². The van der Waals surface area contributed by atoms with Crippen LogP contribution in [-0.4, -0.2) is 34.8 Å². The van der Waals surface area contributed by atoms with Crippen LogP contribution in [0.5, 0.6) is 0 Å². The molecule has 6 heteroatoms. The predicted octanol–water partition coefficient (Wildman–Crippen LogP) is 3.27. The van der Waals surface area contributed by atoms with Gasteiger partial charge in [-0.25, -0.2) is 0 Å². The van der Waals surface area contributed by atoms with Crippen LogP contribution in [0.15, 0.2) is 42.6 Å². The molecule has 0 saturated carbocycles. The van der Waals surface area contributed by atoms with Gasteiger partial charge in [0.1, 0.15) is 5.69 Å². The highest BCUT2D eigenvalue weighted by molar-refractivity contribution is 5.93. The number of aromatic nitrogens is 1. The zero-order chi connectivity index (χ0) is 17.5. The third-order valence-corrected chi connectivity index (χ3v) is 3.52. The summed E-state index contributed by atoms with van der Waals surface area (Å²) < 4.78 is 0. The zero-order valence-electron chi connectivity index (χ0n) is 14.2. The number of hydrogen-bond donors (Lipinski definition) is 2. The first kappa shape index (κ1) is 17.5. The Morgan fingerprint density at radius 2 is 1.62 bits per heavy atom. The van der Waals surface area contributed by atoms with Crippen molar-refractivity contribution in [2.75, 3.05) is 23.7 Å². The third kappa shape index (κ3) is 4.55. The van der Waals surface area contributed by atoms with Crippen LogP contribution in [-0.2, 0) is 4.79 Å². The van der Waals surface area contributed by atoms with Crippen molar-refractivity contribution in [3.63, 3.8) is 0 Å². The lowest BCUT2D eigenvalue weighted by molar-refractivity contribution is -0.114. The number of nitrogens with one attached hydrogen (secondary N) is 2. The molecule has 2 rings (SSSR count). The van der Waals surface area contributed by atoms with E-state index in [0.29, 0.717) is 18.8 Å². The van der Waals surface area contributed by atoms with E-state index in [1.54, 1.807) is 23.2 Å². The molecule has 0 aliphatic rings. The number of hydrogen-bond acceptors (Lipinski definition) is 4. The van der Waals surface area contributed by atoms with E-state index >= 15 is 0 Å². The summed E-state index contributed by atoms with van der Waals surface area (Å²) in [4.78, 5) is 29.3. The molecule has 0 fully saturated rings. The Hall–Kier alpha value is -2.89. The summed E-state index contributed by atoms with van der Waals surface area (Å²) in [6.07, 6.45) is 1.62. The fourth-order valence-electron chi connectivity index (χ4n) is 2.30. The van der Waals surface area contributed by atoms with E-state index in [4.69, 9.17) is 0 Å². The largest absolute Gasteiger partial charge is 0.355 e. The summed E-state index contributed by atoms with van der Waals surface area (Å²) in [5.74, 6) is -0.186. The maximum absolute atomic E-state index is 12.4. The topological polar surface area (TPSA) is 74.3 Å². The van der Waals surface area contributed by atoms with Crippen molar-refractivity contribution in [2.24, 2.45) is 0 Å². The van der Waals surface area contributed by atoms with Gasteiger partial charge in [-0.15, -0.1) is 0 Å². The molecule has 0 saturated heterocycles. The summed E-state index contributed by atoms with van der Waals surface area (Å²) in [5.41, 5.74) is 2.79. The van der Waals surface area contributed by atoms with Gasteiger partial charge in [-0.3, -0.25) is 14.6 Å². The van der Waals surface area contributed by atoms with E-state index in [2.05, 4.69) is 15.6 Å². The number of pyridine rings is 1. The van der Waals surface area contributed by atoms with Gasteiger partial charge >= 0.3 is 0 Å². The Labute approximate surface area is 141 Å². The summed E-state index contributed by atoms with van der Waals surface area (Å²) >= 11 is 0. The number of benzene rings is 1. The van der Waals surface area contributed by atoms with Crippen LogP contribution in [0.4, 0.5) is 17.1 Å². The molecule has 0 radical (unpaired) electrons. The van der Waals surface area contributed by atoms with Gasteiger partial charge in [-0.1, -0.05) is 0 Å². The SMILES string of the molecule is CCN(CC)C(=O)c1cc(Nc2ccc(NC(C)=O)cc2)ccn1. The fraction of sp³-hybridized carbons (Fsp3) is 0.278. The first-order valence-electron chi connectivity index (χ1n) is 7.93.